The SMILES string of the molecule is CC(C)CNC(=O)c1ccc(NC(=O)CNCC2CC2)cc1Cl.Cl. The summed E-state index contributed by atoms with van der Waals surface area (Å²) in [5, 5.41) is 9.06. The molecule has 0 aliphatic heterocycles. The van der Waals surface area contributed by atoms with E-state index < -0.39 is 0 Å². The normalized spacial score (nSPS) is 13.3. The van der Waals surface area contributed by atoms with E-state index in [0.29, 0.717) is 28.7 Å². The molecule has 1 saturated carbocycles. The van der Waals surface area contributed by atoms with Gasteiger partial charge < -0.3 is 16.0 Å². The quantitative estimate of drug-likeness (QED) is 0.655. The monoisotopic (exact) mass is 373 g/mol. The first-order chi connectivity index (χ1) is 11.0. The van der Waals surface area contributed by atoms with Crippen molar-refractivity contribution in [3.05, 3.63) is 28.8 Å². The molecule has 0 bridgehead atoms. The standard InChI is InChI=1S/C17H24ClN3O2.ClH/c1-11(2)8-20-17(23)14-6-5-13(7-15(14)18)21-16(22)10-19-9-12-3-4-12;/h5-7,11-12,19H,3-4,8-10H2,1-2H3,(H,20,23)(H,21,22);1H. The van der Waals surface area contributed by atoms with Gasteiger partial charge in [-0.3, -0.25) is 9.59 Å². The molecule has 24 heavy (non-hydrogen) atoms. The second kappa shape index (κ2) is 9.87. The van der Waals surface area contributed by atoms with Crippen LogP contribution in [0.1, 0.15) is 37.0 Å². The third-order valence-electron chi connectivity index (χ3n) is 3.58. The molecule has 2 rings (SSSR count). The first kappa shape index (κ1) is 20.7. The minimum absolute atomic E-state index is 0. The number of nitrogens with one attached hydrogen (secondary N) is 3. The van der Waals surface area contributed by atoms with E-state index in [0.717, 1.165) is 12.5 Å². The second-order valence-corrected chi connectivity index (χ2v) is 6.83. The Bertz CT molecular complexity index is 575. The average molecular weight is 374 g/mol. The zero-order valence-corrected chi connectivity index (χ0v) is 15.6. The summed E-state index contributed by atoms with van der Waals surface area (Å²) in [6.45, 7) is 5.82. The Labute approximate surface area is 154 Å². The van der Waals surface area contributed by atoms with Gasteiger partial charge in [0.05, 0.1) is 17.1 Å². The van der Waals surface area contributed by atoms with Crippen molar-refractivity contribution in [1.29, 1.82) is 0 Å². The summed E-state index contributed by atoms with van der Waals surface area (Å²) in [6, 6.07) is 4.92. The van der Waals surface area contributed by atoms with Gasteiger partial charge in [-0.1, -0.05) is 25.4 Å². The fourth-order valence-electron chi connectivity index (χ4n) is 2.09. The molecule has 0 radical (unpaired) electrons. The third-order valence-corrected chi connectivity index (χ3v) is 3.90. The zero-order valence-electron chi connectivity index (χ0n) is 14.0. The van der Waals surface area contributed by atoms with Crippen molar-refractivity contribution in [2.45, 2.75) is 26.7 Å². The molecule has 0 unspecified atom stereocenters. The molecule has 1 aromatic rings. The molecular weight excluding hydrogens is 349 g/mol. The summed E-state index contributed by atoms with van der Waals surface area (Å²) in [7, 11) is 0. The minimum atomic E-state index is -0.201. The summed E-state index contributed by atoms with van der Waals surface area (Å²) in [5.74, 6) is 0.798. The maximum Gasteiger partial charge on any atom is 0.252 e. The lowest BCUT2D eigenvalue weighted by molar-refractivity contribution is -0.115. The van der Waals surface area contributed by atoms with E-state index in [1.54, 1.807) is 18.2 Å². The fourth-order valence-corrected chi connectivity index (χ4v) is 2.35. The van der Waals surface area contributed by atoms with Crippen LogP contribution in [0.15, 0.2) is 18.2 Å². The minimum Gasteiger partial charge on any atom is -0.352 e. The summed E-state index contributed by atoms with van der Waals surface area (Å²) in [4.78, 5) is 23.8. The Morgan fingerprint density at radius 2 is 2.00 bits per heavy atom. The molecule has 1 aliphatic rings. The van der Waals surface area contributed by atoms with Crippen LogP contribution in [0.3, 0.4) is 0 Å². The summed E-state index contributed by atoms with van der Waals surface area (Å²) in [5.41, 5.74) is 1.01. The van der Waals surface area contributed by atoms with Crippen LogP contribution in [0, 0.1) is 11.8 Å². The molecule has 0 heterocycles. The van der Waals surface area contributed by atoms with Gasteiger partial charge in [0.15, 0.2) is 0 Å². The highest BCUT2D eigenvalue weighted by atomic mass is 35.5. The first-order valence-electron chi connectivity index (χ1n) is 8.04. The van der Waals surface area contributed by atoms with E-state index in [1.807, 2.05) is 13.8 Å². The van der Waals surface area contributed by atoms with Crippen LogP contribution in [-0.4, -0.2) is 31.4 Å². The van der Waals surface area contributed by atoms with Gasteiger partial charge in [-0.2, -0.15) is 0 Å². The molecule has 7 heteroatoms. The summed E-state index contributed by atoms with van der Waals surface area (Å²) < 4.78 is 0. The summed E-state index contributed by atoms with van der Waals surface area (Å²) in [6.07, 6.45) is 2.51. The molecule has 1 fully saturated rings. The number of amides is 2. The average Bonchev–Trinajstić information content (AvgIpc) is 3.29. The number of anilines is 1. The van der Waals surface area contributed by atoms with Crippen LogP contribution in [0.25, 0.3) is 0 Å². The maximum atomic E-state index is 12.0. The molecule has 0 spiro atoms. The lowest BCUT2D eigenvalue weighted by atomic mass is 10.1. The number of hydrogen-bond donors (Lipinski definition) is 3. The molecule has 1 aliphatic carbocycles. The lowest BCUT2D eigenvalue weighted by Gasteiger charge is -2.11. The third kappa shape index (κ3) is 7.07. The van der Waals surface area contributed by atoms with Gasteiger partial charge >= 0.3 is 0 Å². The van der Waals surface area contributed by atoms with E-state index in [2.05, 4.69) is 16.0 Å². The van der Waals surface area contributed by atoms with Gasteiger partial charge in [0.2, 0.25) is 5.91 Å². The maximum absolute atomic E-state index is 12.0. The highest BCUT2D eigenvalue weighted by Crippen LogP contribution is 2.27. The van der Waals surface area contributed by atoms with Gasteiger partial charge in [-0.05, 0) is 49.4 Å². The fraction of sp³-hybridized carbons (Fsp3) is 0.529. The van der Waals surface area contributed by atoms with E-state index in [1.165, 1.54) is 12.8 Å². The van der Waals surface area contributed by atoms with Gasteiger partial charge in [-0.25, -0.2) is 0 Å². The smallest absolute Gasteiger partial charge is 0.252 e. The van der Waals surface area contributed by atoms with Crippen LogP contribution in [0.5, 0.6) is 0 Å². The van der Waals surface area contributed by atoms with Crippen molar-refractivity contribution in [3.63, 3.8) is 0 Å². The number of carbonyl (C=O) groups excluding carboxylic acids is 2. The van der Waals surface area contributed by atoms with Crippen LogP contribution in [-0.2, 0) is 4.79 Å². The van der Waals surface area contributed by atoms with Crippen molar-refractivity contribution in [2.24, 2.45) is 11.8 Å². The van der Waals surface area contributed by atoms with Crippen molar-refractivity contribution < 1.29 is 9.59 Å². The predicted octanol–water partition coefficient (Wildman–Crippen LogP) is 3.09. The molecule has 0 aromatic heterocycles. The number of halogens is 2. The van der Waals surface area contributed by atoms with Gasteiger partial charge in [0.25, 0.3) is 5.91 Å². The van der Waals surface area contributed by atoms with E-state index in [4.69, 9.17) is 11.6 Å². The molecule has 2 amide bonds. The Balaban J connectivity index is 0.00000288. The van der Waals surface area contributed by atoms with E-state index in [-0.39, 0.29) is 30.8 Å². The van der Waals surface area contributed by atoms with Crippen molar-refractivity contribution in [2.75, 3.05) is 25.0 Å². The Morgan fingerprint density at radius 3 is 2.58 bits per heavy atom. The number of carbonyl (C=O) groups is 2. The second-order valence-electron chi connectivity index (χ2n) is 6.42. The number of hydrogen-bond acceptors (Lipinski definition) is 3. The highest BCUT2D eigenvalue weighted by molar-refractivity contribution is 6.34. The number of benzene rings is 1. The van der Waals surface area contributed by atoms with E-state index in [9.17, 15) is 9.59 Å². The topological polar surface area (TPSA) is 70.2 Å². The molecule has 134 valence electrons. The van der Waals surface area contributed by atoms with Gasteiger partial charge in [0, 0.05) is 12.2 Å². The molecular formula is C17H25Cl2N3O2. The lowest BCUT2D eigenvalue weighted by Crippen LogP contribution is -2.29. The molecule has 0 saturated heterocycles. The molecule has 5 nitrogen and oxygen atoms in total. The van der Waals surface area contributed by atoms with E-state index >= 15 is 0 Å². The Hall–Kier alpha value is -1.30. The largest absolute Gasteiger partial charge is 0.352 e. The molecule has 1 aromatic carbocycles. The van der Waals surface area contributed by atoms with Gasteiger partial charge in [-0.15, -0.1) is 12.4 Å². The molecule has 3 N–H and O–H groups in total. The predicted molar refractivity (Wildman–Crippen MR) is 100 cm³/mol. The van der Waals surface area contributed by atoms with Crippen LogP contribution >= 0.6 is 24.0 Å². The zero-order chi connectivity index (χ0) is 16.8. The van der Waals surface area contributed by atoms with Crippen molar-refractivity contribution >= 4 is 41.5 Å². The Morgan fingerprint density at radius 1 is 1.29 bits per heavy atom. The van der Waals surface area contributed by atoms with Crippen molar-refractivity contribution in [3.8, 4) is 0 Å². The Kier molecular flexibility index (Phi) is 8.53. The van der Waals surface area contributed by atoms with Crippen LogP contribution in [0.4, 0.5) is 5.69 Å². The van der Waals surface area contributed by atoms with Crippen molar-refractivity contribution in [1.82, 2.24) is 10.6 Å². The first-order valence-corrected chi connectivity index (χ1v) is 8.42. The molecule has 0 atom stereocenters. The van der Waals surface area contributed by atoms with Crippen LogP contribution < -0.4 is 16.0 Å². The summed E-state index contributed by atoms with van der Waals surface area (Å²) >= 11 is 6.15. The highest BCUT2D eigenvalue weighted by Gasteiger charge is 2.20. The number of rotatable bonds is 8. The van der Waals surface area contributed by atoms with Gasteiger partial charge in [0.1, 0.15) is 0 Å². The van der Waals surface area contributed by atoms with Crippen LogP contribution in [0.2, 0.25) is 5.02 Å².